The molecule has 2 rings (SSSR count). The van der Waals surface area contributed by atoms with Crippen molar-refractivity contribution in [2.75, 3.05) is 6.54 Å². The van der Waals surface area contributed by atoms with Crippen molar-refractivity contribution in [2.45, 2.75) is 83.6 Å². The minimum Gasteiger partial charge on any atom is -0.480 e. The molecule has 0 aliphatic carbocycles. The second kappa shape index (κ2) is 13.7. The van der Waals surface area contributed by atoms with Gasteiger partial charge >= 0.3 is 5.97 Å². The summed E-state index contributed by atoms with van der Waals surface area (Å²) in [5.41, 5.74) is 6.52. The molecule has 1 aliphatic rings. The highest BCUT2D eigenvalue weighted by Crippen LogP contribution is 2.21. The van der Waals surface area contributed by atoms with E-state index in [1.165, 1.54) is 18.7 Å². The molecule has 1 fully saturated rings. The topological polar surface area (TPSA) is 171 Å². The third kappa shape index (κ3) is 8.85. The Bertz CT molecular complexity index is 967. The molecule has 1 saturated heterocycles. The number of aliphatic carboxylic acids is 1. The number of nitrogens with zero attached hydrogens (tertiary/aromatic N) is 1. The van der Waals surface area contributed by atoms with Crippen LogP contribution in [0.2, 0.25) is 0 Å². The molecule has 0 unspecified atom stereocenters. The normalized spacial score (nSPS) is 18.4. The molecule has 6 N–H and O–H groups in total. The minimum absolute atomic E-state index is 0.0439. The molecule has 0 aromatic heterocycles. The van der Waals surface area contributed by atoms with Crippen molar-refractivity contribution >= 4 is 29.6 Å². The number of carboxylic acids is 1. The Labute approximate surface area is 217 Å². The summed E-state index contributed by atoms with van der Waals surface area (Å²) in [6.45, 7) is 7.01. The Morgan fingerprint density at radius 3 is 2.16 bits per heavy atom. The Morgan fingerprint density at radius 2 is 1.59 bits per heavy atom. The summed E-state index contributed by atoms with van der Waals surface area (Å²) in [6.07, 6.45) is 1.50. The second-order valence-corrected chi connectivity index (χ2v) is 9.99. The smallest absolute Gasteiger partial charge is 0.325 e. The lowest BCUT2D eigenvalue weighted by molar-refractivity contribution is -0.144. The largest absolute Gasteiger partial charge is 0.480 e. The number of carbonyl (C=O) groups excluding carboxylic acids is 4. The van der Waals surface area contributed by atoms with Crippen LogP contribution in [-0.4, -0.2) is 76.4 Å². The first-order valence-electron chi connectivity index (χ1n) is 12.6. The predicted octanol–water partition coefficient (Wildman–Crippen LogP) is 0.172. The number of nitrogens with one attached hydrogen (secondary N) is 3. The Kier molecular flexibility index (Phi) is 11.0. The average molecular weight is 518 g/mol. The number of hydrogen-bond donors (Lipinski definition) is 5. The first-order valence-corrected chi connectivity index (χ1v) is 12.6. The fraction of sp³-hybridized carbons (Fsp3) is 0.577. The lowest BCUT2D eigenvalue weighted by Crippen LogP contribution is -2.58. The van der Waals surface area contributed by atoms with Gasteiger partial charge in [0.2, 0.25) is 23.6 Å². The molecule has 1 aromatic rings. The van der Waals surface area contributed by atoms with E-state index in [4.69, 9.17) is 10.8 Å². The maximum absolute atomic E-state index is 13.6. The predicted molar refractivity (Wildman–Crippen MR) is 137 cm³/mol. The van der Waals surface area contributed by atoms with Crippen molar-refractivity contribution < 1.29 is 29.1 Å². The number of carboxylic acid groups (broad SMARTS) is 1. The second-order valence-electron chi connectivity index (χ2n) is 9.99. The molecule has 11 nitrogen and oxygen atoms in total. The maximum atomic E-state index is 13.6. The van der Waals surface area contributed by atoms with E-state index in [1.807, 2.05) is 44.2 Å². The van der Waals surface area contributed by atoms with Gasteiger partial charge in [-0.3, -0.25) is 24.0 Å². The van der Waals surface area contributed by atoms with Gasteiger partial charge in [-0.05, 0) is 44.6 Å². The molecule has 5 atom stereocenters. The van der Waals surface area contributed by atoms with Gasteiger partial charge < -0.3 is 31.7 Å². The Hall–Kier alpha value is -3.47. The van der Waals surface area contributed by atoms with Crippen molar-refractivity contribution in [3.05, 3.63) is 35.9 Å². The van der Waals surface area contributed by atoms with Crippen molar-refractivity contribution in [1.82, 2.24) is 20.9 Å². The molecular weight excluding hydrogens is 478 g/mol. The van der Waals surface area contributed by atoms with E-state index in [1.54, 1.807) is 0 Å². The molecular formula is C26H39N5O6. The zero-order valence-electron chi connectivity index (χ0n) is 21.9. The molecule has 204 valence electrons. The summed E-state index contributed by atoms with van der Waals surface area (Å²) in [5, 5.41) is 17.0. The van der Waals surface area contributed by atoms with Crippen LogP contribution in [0.5, 0.6) is 0 Å². The molecule has 11 heteroatoms. The summed E-state index contributed by atoms with van der Waals surface area (Å²) in [6, 6.07) is 4.54. The first kappa shape index (κ1) is 29.8. The van der Waals surface area contributed by atoms with Gasteiger partial charge in [-0.2, -0.15) is 0 Å². The number of likely N-dealkylation sites (tertiary alicyclic amines) is 1. The lowest BCUT2D eigenvalue weighted by Gasteiger charge is -2.31. The molecule has 1 aromatic carbocycles. The van der Waals surface area contributed by atoms with E-state index < -0.39 is 59.8 Å². The fourth-order valence-electron chi connectivity index (χ4n) is 4.20. The van der Waals surface area contributed by atoms with Crippen molar-refractivity contribution in [3.63, 3.8) is 0 Å². The highest BCUT2D eigenvalue weighted by Gasteiger charge is 2.39. The van der Waals surface area contributed by atoms with Crippen molar-refractivity contribution in [1.29, 1.82) is 0 Å². The van der Waals surface area contributed by atoms with Crippen molar-refractivity contribution in [2.24, 2.45) is 11.7 Å². The number of amides is 4. The van der Waals surface area contributed by atoms with Gasteiger partial charge in [-0.1, -0.05) is 44.2 Å². The van der Waals surface area contributed by atoms with Crippen LogP contribution in [0.4, 0.5) is 0 Å². The van der Waals surface area contributed by atoms with Crippen LogP contribution in [0.25, 0.3) is 0 Å². The summed E-state index contributed by atoms with van der Waals surface area (Å²) >= 11 is 0. The minimum atomic E-state index is -1.17. The number of benzene rings is 1. The molecule has 37 heavy (non-hydrogen) atoms. The summed E-state index contributed by atoms with van der Waals surface area (Å²) in [5.74, 6) is -3.11. The van der Waals surface area contributed by atoms with Crippen LogP contribution >= 0.6 is 0 Å². The number of nitrogens with two attached hydrogens (primary N) is 1. The molecule has 0 radical (unpaired) electrons. The van der Waals surface area contributed by atoms with E-state index in [2.05, 4.69) is 16.0 Å². The molecule has 0 saturated carbocycles. The number of hydrogen-bond acceptors (Lipinski definition) is 6. The van der Waals surface area contributed by atoms with E-state index in [-0.39, 0.29) is 12.3 Å². The van der Waals surface area contributed by atoms with Crippen LogP contribution < -0.4 is 21.7 Å². The molecule has 1 heterocycles. The first-order chi connectivity index (χ1) is 17.4. The fourth-order valence-corrected chi connectivity index (χ4v) is 4.20. The van der Waals surface area contributed by atoms with Gasteiger partial charge in [-0.25, -0.2) is 0 Å². The quantitative estimate of drug-likeness (QED) is 0.263. The van der Waals surface area contributed by atoms with Gasteiger partial charge in [0.15, 0.2) is 0 Å². The van der Waals surface area contributed by atoms with Gasteiger partial charge in [0.1, 0.15) is 24.2 Å². The molecule has 0 bridgehead atoms. The average Bonchev–Trinajstić information content (AvgIpc) is 3.33. The monoisotopic (exact) mass is 517 g/mol. The van der Waals surface area contributed by atoms with Crippen LogP contribution in [0.15, 0.2) is 30.3 Å². The van der Waals surface area contributed by atoms with Gasteiger partial charge in [-0.15, -0.1) is 0 Å². The summed E-state index contributed by atoms with van der Waals surface area (Å²) in [7, 11) is 0. The van der Waals surface area contributed by atoms with E-state index in [0.29, 0.717) is 25.8 Å². The van der Waals surface area contributed by atoms with Crippen LogP contribution in [0, 0.1) is 5.92 Å². The Morgan fingerprint density at radius 1 is 0.973 bits per heavy atom. The third-order valence-corrected chi connectivity index (χ3v) is 6.22. The standard InChI is InChI=1S/C26H39N5O6/c1-15(2)13-20(25(35)31-12-8-11-21(31)24(34)28-17(4)26(36)37)30-23(33)19(29-22(32)16(3)27)14-18-9-6-5-7-10-18/h5-7,9-10,15-17,19-21H,8,11-14,27H2,1-4H3,(H,28,34)(H,29,32)(H,30,33)(H,36,37)/t16-,17-,19-,20-,21-/m0/s1. The third-order valence-electron chi connectivity index (χ3n) is 6.22. The highest BCUT2D eigenvalue weighted by atomic mass is 16.4. The lowest BCUT2D eigenvalue weighted by atomic mass is 10.00. The van der Waals surface area contributed by atoms with Gasteiger partial charge in [0, 0.05) is 13.0 Å². The molecule has 0 spiro atoms. The zero-order valence-corrected chi connectivity index (χ0v) is 21.9. The van der Waals surface area contributed by atoms with Crippen LogP contribution in [-0.2, 0) is 30.4 Å². The highest BCUT2D eigenvalue weighted by molar-refractivity contribution is 5.95. The van der Waals surface area contributed by atoms with Crippen LogP contribution in [0.1, 0.15) is 52.5 Å². The maximum Gasteiger partial charge on any atom is 0.325 e. The summed E-state index contributed by atoms with van der Waals surface area (Å²) in [4.78, 5) is 64.6. The SMILES string of the molecule is CC(C)C[C@H](NC(=O)[C@H](Cc1ccccc1)NC(=O)[C@H](C)N)C(=O)N1CCC[C@H]1C(=O)N[C@@H](C)C(=O)O. The Balaban J connectivity index is 2.22. The zero-order chi connectivity index (χ0) is 27.7. The van der Waals surface area contributed by atoms with Crippen molar-refractivity contribution in [3.8, 4) is 0 Å². The van der Waals surface area contributed by atoms with E-state index >= 15 is 0 Å². The van der Waals surface area contributed by atoms with E-state index in [9.17, 15) is 24.0 Å². The van der Waals surface area contributed by atoms with E-state index in [0.717, 1.165) is 5.56 Å². The number of rotatable bonds is 12. The van der Waals surface area contributed by atoms with Crippen LogP contribution in [0.3, 0.4) is 0 Å². The summed E-state index contributed by atoms with van der Waals surface area (Å²) < 4.78 is 0. The van der Waals surface area contributed by atoms with Gasteiger partial charge in [0.05, 0.1) is 6.04 Å². The molecule has 1 aliphatic heterocycles. The van der Waals surface area contributed by atoms with Gasteiger partial charge in [0.25, 0.3) is 0 Å². The molecule has 4 amide bonds. The number of carbonyl (C=O) groups is 5.